The number of aryl methyl sites for hydroxylation is 1. The molecule has 25 heavy (non-hydrogen) atoms. The van der Waals surface area contributed by atoms with Crippen LogP contribution in [0.15, 0.2) is 30.3 Å². The quantitative estimate of drug-likeness (QED) is 0.913. The minimum Gasteiger partial charge on any atom is -0.351 e. The number of hydrogen-bond donors (Lipinski definition) is 1. The highest BCUT2D eigenvalue weighted by Gasteiger charge is 2.32. The summed E-state index contributed by atoms with van der Waals surface area (Å²) in [6.45, 7) is 2.87. The van der Waals surface area contributed by atoms with Gasteiger partial charge >= 0.3 is 6.03 Å². The highest BCUT2D eigenvalue weighted by atomic mass is 16.2. The molecular formula is C20H29N3O2. The van der Waals surface area contributed by atoms with Crippen LogP contribution in [0.5, 0.6) is 0 Å². The second-order valence-corrected chi connectivity index (χ2v) is 7.42. The number of primary amides is 1. The Balaban J connectivity index is 1.43. The Kier molecular flexibility index (Phi) is 5.95. The van der Waals surface area contributed by atoms with Gasteiger partial charge in [-0.3, -0.25) is 4.79 Å². The van der Waals surface area contributed by atoms with Crippen molar-refractivity contribution in [3.05, 3.63) is 35.9 Å². The number of amides is 3. The maximum absolute atomic E-state index is 12.8. The lowest BCUT2D eigenvalue weighted by Crippen LogP contribution is -2.49. The first-order valence-electron chi connectivity index (χ1n) is 9.50. The molecule has 3 rings (SSSR count). The highest BCUT2D eigenvalue weighted by molar-refractivity contribution is 5.80. The van der Waals surface area contributed by atoms with E-state index in [0.29, 0.717) is 19.0 Å². The van der Waals surface area contributed by atoms with Gasteiger partial charge in [0.1, 0.15) is 0 Å². The molecular weight excluding hydrogens is 314 g/mol. The van der Waals surface area contributed by atoms with E-state index in [-0.39, 0.29) is 11.8 Å². The van der Waals surface area contributed by atoms with E-state index in [2.05, 4.69) is 30.3 Å². The van der Waals surface area contributed by atoms with Gasteiger partial charge in [0.2, 0.25) is 5.91 Å². The summed E-state index contributed by atoms with van der Waals surface area (Å²) in [4.78, 5) is 27.7. The number of rotatable bonds is 4. The van der Waals surface area contributed by atoms with Crippen LogP contribution in [0.3, 0.4) is 0 Å². The average molecular weight is 343 g/mol. The second kappa shape index (κ2) is 8.37. The third-order valence-corrected chi connectivity index (χ3v) is 5.69. The van der Waals surface area contributed by atoms with Crippen LogP contribution in [0.2, 0.25) is 0 Å². The van der Waals surface area contributed by atoms with Crippen molar-refractivity contribution in [1.82, 2.24) is 9.80 Å². The van der Waals surface area contributed by atoms with Gasteiger partial charge in [0.15, 0.2) is 0 Å². The van der Waals surface area contributed by atoms with Crippen molar-refractivity contribution in [2.75, 3.05) is 26.2 Å². The maximum Gasteiger partial charge on any atom is 0.314 e. The van der Waals surface area contributed by atoms with Gasteiger partial charge in [-0.2, -0.15) is 0 Å². The van der Waals surface area contributed by atoms with Crippen LogP contribution in [0, 0.1) is 11.8 Å². The van der Waals surface area contributed by atoms with Crippen LogP contribution in [-0.2, 0) is 11.2 Å². The Hall–Kier alpha value is -2.04. The van der Waals surface area contributed by atoms with E-state index in [4.69, 9.17) is 5.73 Å². The molecule has 2 aliphatic heterocycles. The van der Waals surface area contributed by atoms with Crippen LogP contribution >= 0.6 is 0 Å². The highest BCUT2D eigenvalue weighted by Crippen LogP contribution is 2.25. The van der Waals surface area contributed by atoms with E-state index >= 15 is 0 Å². The lowest BCUT2D eigenvalue weighted by atomic mass is 9.89. The largest absolute Gasteiger partial charge is 0.351 e. The first-order chi connectivity index (χ1) is 12.1. The van der Waals surface area contributed by atoms with Crippen LogP contribution in [0.1, 0.15) is 37.7 Å². The minimum absolute atomic E-state index is 0.0675. The van der Waals surface area contributed by atoms with Gasteiger partial charge in [0.05, 0.1) is 5.92 Å². The fraction of sp³-hybridized carbons (Fsp3) is 0.600. The molecule has 0 aromatic heterocycles. The molecule has 0 spiro atoms. The van der Waals surface area contributed by atoms with Crippen molar-refractivity contribution in [3.63, 3.8) is 0 Å². The van der Waals surface area contributed by atoms with E-state index in [0.717, 1.165) is 45.2 Å². The zero-order chi connectivity index (χ0) is 17.6. The van der Waals surface area contributed by atoms with Gasteiger partial charge in [-0.05, 0) is 50.0 Å². The molecule has 1 aromatic carbocycles. The fourth-order valence-electron chi connectivity index (χ4n) is 4.09. The summed E-state index contributed by atoms with van der Waals surface area (Å²) in [5.74, 6) is 0.854. The molecule has 0 saturated carbocycles. The summed E-state index contributed by atoms with van der Waals surface area (Å²) in [5, 5.41) is 0. The summed E-state index contributed by atoms with van der Waals surface area (Å²) in [7, 11) is 0. The number of benzene rings is 1. The molecule has 0 aliphatic carbocycles. The predicted octanol–water partition coefficient (Wildman–Crippen LogP) is 2.65. The molecule has 2 aliphatic rings. The Bertz CT molecular complexity index is 582. The Morgan fingerprint density at radius 1 is 1.00 bits per heavy atom. The molecule has 3 amide bonds. The Labute approximate surface area is 150 Å². The maximum atomic E-state index is 12.8. The monoisotopic (exact) mass is 343 g/mol. The lowest BCUT2D eigenvalue weighted by Gasteiger charge is -2.37. The standard InChI is InChI=1S/C20H29N3O2/c21-20(25)23-12-4-7-18(15-23)19(24)22-13-10-17(11-14-22)9-8-16-5-2-1-3-6-16/h1-3,5-6,17-18H,4,7-15H2,(H2,21,25). The van der Waals surface area contributed by atoms with Gasteiger partial charge in [0, 0.05) is 26.2 Å². The molecule has 1 atom stereocenters. The molecule has 5 nitrogen and oxygen atoms in total. The number of hydrogen-bond acceptors (Lipinski definition) is 2. The summed E-state index contributed by atoms with van der Waals surface area (Å²) >= 11 is 0. The number of piperidine rings is 2. The zero-order valence-electron chi connectivity index (χ0n) is 14.9. The SMILES string of the molecule is NC(=O)N1CCCC(C(=O)N2CCC(CCc3ccccc3)CC2)C1. The van der Waals surface area contributed by atoms with Gasteiger partial charge in [-0.15, -0.1) is 0 Å². The van der Waals surface area contributed by atoms with Gasteiger partial charge in [-0.1, -0.05) is 30.3 Å². The summed E-state index contributed by atoms with van der Waals surface area (Å²) in [6, 6.07) is 10.2. The third-order valence-electron chi connectivity index (χ3n) is 5.69. The first kappa shape index (κ1) is 17.8. The molecule has 2 fully saturated rings. The Morgan fingerprint density at radius 3 is 2.40 bits per heavy atom. The molecule has 0 radical (unpaired) electrons. The van der Waals surface area contributed by atoms with Gasteiger partial charge in [0.25, 0.3) is 0 Å². The number of carbonyl (C=O) groups is 2. The molecule has 136 valence electrons. The minimum atomic E-state index is -0.405. The van der Waals surface area contributed by atoms with Gasteiger partial charge in [-0.25, -0.2) is 4.79 Å². The molecule has 5 heteroatoms. The normalized spacial score (nSPS) is 22.0. The lowest BCUT2D eigenvalue weighted by molar-refractivity contribution is -0.138. The van der Waals surface area contributed by atoms with Crippen molar-refractivity contribution in [2.45, 2.75) is 38.5 Å². The predicted molar refractivity (Wildman–Crippen MR) is 97.9 cm³/mol. The molecule has 2 heterocycles. The zero-order valence-corrected chi connectivity index (χ0v) is 14.9. The molecule has 1 aromatic rings. The van der Waals surface area contributed by atoms with Crippen LogP contribution in [0.4, 0.5) is 4.79 Å². The molecule has 1 unspecified atom stereocenters. The van der Waals surface area contributed by atoms with Crippen molar-refractivity contribution < 1.29 is 9.59 Å². The molecule has 0 bridgehead atoms. The van der Waals surface area contributed by atoms with Crippen LogP contribution in [0.25, 0.3) is 0 Å². The van der Waals surface area contributed by atoms with E-state index in [1.54, 1.807) is 4.90 Å². The molecule has 2 N–H and O–H groups in total. The van der Waals surface area contributed by atoms with Crippen molar-refractivity contribution in [1.29, 1.82) is 0 Å². The first-order valence-corrected chi connectivity index (χ1v) is 9.50. The Morgan fingerprint density at radius 2 is 1.72 bits per heavy atom. The van der Waals surface area contributed by atoms with Crippen molar-refractivity contribution >= 4 is 11.9 Å². The summed E-state index contributed by atoms with van der Waals surface area (Å²) < 4.78 is 0. The average Bonchev–Trinajstić information content (AvgIpc) is 2.67. The number of nitrogens with zero attached hydrogens (tertiary/aromatic N) is 2. The van der Waals surface area contributed by atoms with Gasteiger partial charge < -0.3 is 15.5 Å². The van der Waals surface area contributed by atoms with Crippen LogP contribution < -0.4 is 5.73 Å². The summed E-state index contributed by atoms with van der Waals surface area (Å²) in [5.41, 5.74) is 6.77. The topological polar surface area (TPSA) is 66.6 Å². The smallest absolute Gasteiger partial charge is 0.314 e. The number of likely N-dealkylation sites (tertiary alicyclic amines) is 2. The van der Waals surface area contributed by atoms with E-state index < -0.39 is 6.03 Å². The van der Waals surface area contributed by atoms with E-state index in [9.17, 15) is 9.59 Å². The molecule has 2 saturated heterocycles. The van der Waals surface area contributed by atoms with Crippen molar-refractivity contribution in [3.8, 4) is 0 Å². The third kappa shape index (κ3) is 4.74. The van der Waals surface area contributed by atoms with E-state index in [1.165, 1.54) is 12.0 Å². The number of carbonyl (C=O) groups excluding carboxylic acids is 2. The van der Waals surface area contributed by atoms with Crippen molar-refractivity contribution in [2.24, 2.45) is 17.6 Å². The fourth-order valence-corrected chi connectivity index (χ4v) is 4.09. The number of nitrogens with two attached hydrogens (primary N) is 1. The van der Waals surface area contributed by atoms with E-state index in [1.807, 2.05) is 4.90 Å². The summed E-state index contributed by atoms with van der Waals surface area (Å²) in [6.07, 6.45) is 6.24. The van der Waals surface area contributed by atoms with Crippen LogP contribution in [-0.4, -0.2) is 47.9 Å². The number of urea groups is 1. The second-order valence-electron chi connectivity index (χ2n) is 7.42.